The fourth-order valence-electron chi connectivity index (χ4n) is 3.06. The highest BCUT2D eigenvalue weighted by Crippen LogP contribution is 2.35. The predicted molar refractivity (Wildman–Crippen MR) is 86.8 cm³/mol. The molecule has 1 aromatic carbocycles. The third kappa shape index (κ3) is 3.29. The van der Waals surface area contributed by atoms with Crippen LogP contribution in [-0.4, -0.2) is 29.2 Å². The van der Waals surface area contributed by atoms with Gasteiger partial charge in [-0.15, -0.1) is 0 Å². The lowest BCUT2D eigenvalue weighted by atomic mass is 9.85. The Labute approximate surface area is 139 Å². The molecule has 5 nitrogen and oxygen atoms in total. The van der Waals surface area contributed by atoms with Crippen molar-refractivity contribution in [3.05, 3.63) is 41.4 Å². The topological polar surface area (TPSA) is 66.5 Å². The highest BCUT2D eigenvalue weighted by atomic mass is 35.5. The van der Waals surface area contributed by atoms with Gasteiger partial charge in [0.05, 0.1) is 11.8 Å². The van der Waals surface area contributed by atoms with E-state index in [1.54, 1.807) is 24.3 Å². The van der Waals surface area contributed by atoms with Crippen molar-refractivity contribution in [3.8, 4) is 0 Å². The Hall–Kier alpha value is -2.14. The molecule has 0 spiro atoms. The molecule has 23 heavy (non-hydrogen) atoms. The summed E-state index contributed by atoms with van der Waals surface area (Å²) >= 11 is 5.79. The quantitative estimate of drug-likeness (QED) is 0.681. The van der Waals surface area contributed by atoms with E-state index >= 15 is 0 Å². The zero-order valence-electron chi connectivity index (χ0n) is 12.5. The molecule has 120 valence electrons. The summed E-state index contributed by atoms with van der Waals surface area (Å²) in [6.45, 7) is 0.129. The van der Waals surface area contributed by atoms with Crippen LogP contribution in [0.4, 0.5) is 5.69 Å². The third-order valence-corrected chi connectivity index (χ3v) is 4.54. The van der Waals surface area contributed by atoms with Crippen molar-refractivity contribution in [2.24, 2.45) is 11.8 Å². The van der Waals surface area contributed by atoms with E-state index in [4.69, 9.17) is 11.6 Å². The van der Waals surface area contributed by atoms with Crippen LogP contribution in [0.25, 0.3) is 0 Å². The molecule has 0 saturated carbocycles. The second kappa shape index (κ2) is 6.54. The Morgan fingerprint density at radius 3 is 2.22 bits per heavy atom. The number of fused-ring (bicyclic) bond motifs is 1. The number of halogens is 1. The molecule has 6 heteroatoms. The van der Waals surface area contributed by atoms with Gasteiger partial charge in [-0.3, -0.25) is 19.3 Å². The molecule has 1 aliphatic carbocycles. The number of rotatable bonds is 4. The van der Waals surface area contributed by atoms with Crippen LogP contribution < -0.4 is 5.32 Å². The van der Waals surface area contributed by atoms with Crippen molar-refractivity contribution >= 4 is 35.0 Å². The van der Waals surface area contributed by atoms with E-state index in [1.165, 1.54) is 4.90 Å². The van der Waals surface area contributed by atoms with Gasteiger partial charge >= 0.3 is 0 Å². The van der Waals surface area contributed by atoms with Crippen molar-refractivity contribution in [1.29, 1.82) is 0 Å². The zero-order chi connectivity index (χ0) is 16.4. The van der Waals surface area contributed by atoms with Gasteiger partial charge in [-0.05, 0) is 37.1 Å². The predicted octanol–water partition coefficient (Wildman–Crippen LogP) is 2.62. The van der Waals surface area contributed by atoms with Crippen LogP contribution in [0.2, 0.25) is 5.02 Å². The number of allylic oxidation sites excluding steroid dienone is 2. The molecule has 3 amide bonds. The third-order valence-electron chi connectivity index (χ3n) is 4.29. The number of hydrogen-bond acceptors (Lipinski definition) is 3. The Kier molecular flexibility index (Phi) is 4.48. The van der Waals surface area contributed by atoms with E-state index in [0.717, 1.165) is 0 Å². The number of carbonyl (C=O) groups excluding carboxylic acids is 3. The van der Waals surface area contributed by atoms with Crippen molar-refractivity contribution < 1.29 is 14.4 Å². The van der Waals surface area contributed by atoms with Crippen molar-refractivity contribution in [1.82, 2.24) is 4.90 Å². The molecular formula is C17H17ClN2O3. The molecule has 1 N–H and O–H groups in total. The van der Waals surface area contributed by atoms with Gasteiger partial charge in [0.15, 0.2) is 0 Å². The van der Waals surface area contributed by atoms with Gasteiger partial charge in [-0.25, -0.2) is 0 Å². The molecule has 0 aromatic heterocycles. The number of imide groups is 1. The van der Waals surface area contributed by atoms with Crippen LogP contribution in [0, 0.1) is 11.8 Å². The van der Waals surface area contributed by atoms with Crippen LogP contribution in [0.5, 0.6) is 0 Å². The zero-order valence-corrected chi connectivity index (χ0v) is 13.3. The number of hydrogen-bond donors (Lipinski definition) is 1. The first-order valence-electron chi connectivity index (χ1n) is 7.62. The van der Waals surface area contributed by atoms with Gasteiger partial charge < -0.3 is 5.32 Å². The Morgan fingerprint density at radius 1 is 1.09 bits per heavy atom. The maximum atomic E-state index is 12.3. The molecule has 1 heterocycles. The molecule has 1 saturated heterocycles. The molecule has 2 unspecified atom stereocenters. The lowest BCUT2D eigenvalue weighted by molar-refractivity contribution is -0.140. The van der Waals surface area contributed by atoms with E-state index in [2.05, 4.69) is 5.32 Å². The van der Waals surface area contributed by atoms with Crippen molar-refractivity contribution in [2.45, 2.75) is 19.3 Å². The molecular weight excluding hydrogens is 316 g/mol. The summed E-state index contributed by atoms with van der Waals surface area (Å²) < 4.78 is 0. The fraction of sp³-hybridized carbons (Fsp3) is 0.353. The van der Waals surface area contributed by atoms with E-state index < -0.39 is 0 Å². The summed E-state index contributed by atoms with van der Waals surface area (Å²) in [5, 5.41) is 3.32. The number of likely N-dealkylation sites (tertiary alicyclic amines) is 1. The largest absolute Gasteiger partial charge is 0.326 e. The summed E-state index contributed by atoms with van der Waals surface area (Å²) in [7, 11) is 0. The monoisotopic (exact) mass is 332 g/mol. The SMILES string of the molecule is O=C(CCN1C(=O)C2CC=CCC2C1=O)Nc1ccc(Cl)cc1. The lowest BCUT2D eigenvalue weighted by Gasteiger charge is -2.14. The molecule has 1 fully saturated rings. The number of amides is 3. The highest BCUT2D eigenvalue weighted by Gasteiger charge is 2.46. The van der Waals surface area contributed by atoms with Gasteiger partial charge in [0.1, 0.15) is 0 Å². The maximum Gasteiger partial charge on any atom is 0.233 e. The van der Waals surface area contributed by atoms with E-state index in [9.17, 15) is 14.4 Å². The molecule has 0 bridgehead atoms. The number of nitrogens with one attached hydrogen (secondary N) is 1. The maximum absolute atomic E-state index is 12.3. The average molecular weight is 333 g/mol. The molecule has 2 atom stereocenters. The van der Waals surface area contributed by atoms with Crippen molar-refractivity contribution in [2.75, 3.05) is 11.9 Å². The summed E-state index contributed by atoms with van der Waals surface area (Å²) in [5.41, 5.74) is 0.636. The Bertz CT molecular complexity index is 643. The van der Waals surface area contributed by atoms with Crippen LogP contribution in [0.1, 0.15) is 19.3 Å². The fourth-order valence-corrected chi connectivity index (χ4v) is 3.19. The van der Waals surface area contributed by atoms with E-state index in [0.29, 0.717) is 23.6 Å². The second-order valence-corrected chi connectivity index (χ2v) is 6.23. The van der Waals surface area contributed by atoms with Gasteiger partial charge in [0.2, 0.25) is 17.7 Å². The summed E-state index contributed by atoms with van der Waals surface area (Å²) in [6.07, 6.45) is 5.21. The molecule has 2 aliphatic rings. The Balaban J connectivity index is 1.56. The minimum absolute atomic E-state index is 0.0903. The van der Waals surface area contributed by atoms with Crippen LogP contribution in [-0.2, 0) is 14.4 Å². The lowest BCUT2D eigenvalue weighted by Crippen LogP contribution is -2.34. The van der Waals surface area contributed by atoms with Gasteiger partial charge in [0, 0.05) is 23.7 Å². The minimum Gasteiger partial charge on any atom is -0.326 e. The number of benzene rings is 1. The standard InChI is InChI=1S/C17H17ClN2O3/c18-11-5-7-12(8-6-11)19-15(21)9-10-20-16(22)13-3-1-2-4-14(13)17(20)23/h1-2,5-8,13-14H,3-4,9-10H2,(H,19,21). The van der Waals surface area contributed by atoms with E-state index in [1.807, 2.05) is 12.2 Å². The molecule has 1 aromatic rings. The average Bonchev–Trinajstić information content (AvgIpc) is 2.80. The number of carbonyl (C=O) groups is 3. The number of anilines is 1. The smallest absolute Gasteiger partial charge is 0.233 e. The minimum atomic E-state index is -0.244. The van der Waals surface area contributed by atoms with Crippen molar-refractivity contribution in [3.63, 3.8) is 0 Å². The Morgan fingerprint density at radius 2 is 1.65 bits per heavy atom. The first kappa shape index (κ1) is 15.7. The molecule has 1 aliphatic heterocycles. The van der Waals surface area contributed by atoms with Gasteiger partial charge in [0.25, 0.3) is 0 Å². The van der Waals surface area contributed by atoms with Crippen LogP contribution >= 0.6 is 11.6 Å². The normalized spacial score (nSPS) is 23.1. The first-order chi connectivity index (χ1) is 11.1. The second-order valence-electron chi connectivity index (χ2n) is 5.79. The van der Waals surface area contributed by atoms with Crippen LogP contribution in [0.3, 0.4) is 0 Å². The molecule has 0 radical (unpaired) electrons. The van der Waals surface area contributed by atoms with Gasteiger partial charge in [-0.1, -0.05) is 23.8 Å². The number of nitrogens with zero attached hydrogens (tertiary/aromatic N) is 1. The van der Waals surface area contributed by atoms with E-state index in [-0.39, 0.29) is 42.5 Å². The van der Waals surface area contributed by atoms with Gasteiger partial charge in [-0.2, -0.15) is 0 Å². The van der Waals surface area contributed by atoms with Crippen LogP contribution in [0.15, 0.2) is 36.4 Å². The summed E-state index contributed by atoms with van der Waals surface area (Å²) in [4.78, 5) is 37.8. The molecule has 3 rings (SSSR count). The first-order valence-corrected chi connectivity index (χ1v) is 7.99. The summed E-state index contributed by atoms with van der Waals surface area (Å²) in [5.74, 6) is -1.02. The summed E-state index contributed by atoms with van der Waals surface area (Å²) in [6, 6.07) is 6.77. The highest BCUT2D eigenvalue weighted by molar-refractivity contribution is 6.30.